The minimum absolute atomic E-state index is 0.326. The lowest BCUT2D eigenvalue weighted by atomic mass is 10.6. The minimum Gasteiger partial charge on any atom is -0.464 e. The fourth-order valence-electron chi connectivity index (χ4n) is 0.535. The third-order valence-electron chi connectivity index (χ3n) is 0.911. The summed E-state index contributed by atoms with van der Waals surface area (Å²) < 4.78 is 9.87. The summed E-state index contributed by atoms with van der Waals surface area (Å²) in [5, 5.41) is 0.326. The number of furan rings is 1. The maximum atomic E-state index is 5.46. The van der Waals surface area contributed by atoms with E-state index in [1.165, 1.54) is 0 Å². The Morgan fingerprint density at radius 2 is 2.40 bits per heavy atom. The average molecular weight is 162 g/mol. The lowest BCUT2D eigenvalue weighted by Crippen LogP contribution is -2.09. The zero-order chi connectivity index (χ0) is 7.40. The van der Waals surface area contributed by atoms with Crippen LogP contribution in [0.5, 0.6) is 5.95 Å². The van der Waals surface area contributed by atoms with Crippen molar-refractivity contribution < 1.29 is 9.15 Å². The molecule has 1 aromatic rings. The summed E-state index contributed by atoms with van der Waals surface area (Å²) in [5.41, 5.74) is 5.18. The predicted molar refractivity (Wildman–Crippen MR) is 38.3 cm³/mol. The largest absolute Gasteiger partial charge is 0.464 e. The molecule has 0 unspecified atom stereocenters. The molecule has 1 heterocycles. The van der Waals surface area contributed by atoms with Gasteiger partial charge < -0.3 is 14.9 Å². The van der Waals surface area contributed by atoms with Crippen molar-refractivity contribution in [3.63, 3.8) is 0 Å². The first kappa shape index (κ1) is 7.44. The second kappa shape index (κ2) is 3.49. The fourth-order valence-corrected chi connectivity index (χ4v) is 0.674. The van der Waals surface area contributed by atoms with Crippen LogP contribution in [-0.4, -0.2) is 13.2 Å². The van der Waals surface area contributed by atoms with Crippen molar-refractivity contribution in [1.82, 2.24) is 0 Å². The van der Waals surface area contributed by atoms with Gasteiger partial charge in [0.05, 0.1) is 0 Å². The van der Waals surface area contributed by atoms with Gasteiger partial charge in [-0.1, -0.05) is 0 Å². The number of halogens is 1. The van der Waals surface area contributed by atoms with Crippen LogP contribution in [0.25, 0.3) is 0 Å². The highest BCUT2D eigenvalue weighted by Crippen LogP contribution is 2.19. The molecule has 0 aliphatic carbocycles. The van der Waals surface area contributed by atoms with Gasteiger partial charge in [-0.2, -0.15) is 0 Å². The third kappa shape index (κ3) is 1.93. The molecule has 1 rings (SSSR count). The van der Waals surface area contributed by atoms with Gasteiger partial charge in [-0.05, 0) is 11.6 Å². The van der Waals surface area contributed by atoms with Crippen LogP contribution in [0.2, 0.25) is 5.22 Å². The molecule has 0 aromatic carbocycles. The number of hydrogen-bond donors (Lipinski definition) is 1. The summed E-state index contributed by atoms with van der Waals surface area (Å²) in [4.78, 5) is 0. The van der Waals surface area contributed by atoms with Gasteiger partial charge in [0.15, 0.2) is 5.22 Å². The summed E-state index contributed by atoms with van der Waals surface area (Å²) in [5.74, 6) is 0.412. The Morgan fingerprint density at radius 3 is 2.90 bits per heavy atom. The van der Waals surface area contributed by atoms with Crippen LogP contribution in [0.4, 0.5) is 0 Å². The van der Waals surface area contributed by atoms with Crippen LogP contribution in [0.3, 0.4) is 0 Å². The van der Waals surface area contributed by atoms with Crippen LogP contribution in [-0.2, 0) is 0 Å². The van der Waals surface area contributed by atoms with E-state index < -0.39 is 0 Å². The highest BCUT2D eigenvalue weighted by Gasteiger charge is 1.97. The monoisotopic (exact) mass is 161 g/mol. The quantitative estimate of drug-likeness (QED) is 0.727. The van der Waals surface area contributed by atoms with Gasteiger partial charge in [-0.25, -0.2) is 0 Å². The van der Waals surface area contributed by atoms with E-state index in [1.54, 1.807) is 12.1 Å². The van der Waals surface area contributed by atoms with Gasteiger partial charge in [-0.3, -0.25) is 0 Å². The molecule has 3 nitrogen and oxygen atoms in total. The molecular formula is C6H8ClNO2. The Morgan fingerprint density at radius 1 is 1.60 bits per heavy atom. The minimum atomic E-state index is 0.326. The lowest BCUT2D eigenvalue weighted by Gasteiger charge is -1.96. The van der Waals surface area contributed by atoms with Crippen molar-refractivity contribution in [2.24, 2.45) is 5.73 Å². The highest BCUT2D eigenvalue weighted by molar-refractivity contribution is 6.28. The van der Waals surface area contributed by atoms with E-state index in [0.29, 0.717) is 24.3 Å². The van der Waals surface area contributed by atoms with Crippen molar-refractivity contribution in [3.05, 3.63) is 17.4 Å². The third-order valence-corrected chi connectivity index (χ3v) is 1.11. The Bertz CT molecular complexity index is 199. The standard InChI is InChI=1S/C6H8ClNO2/c7-5-1-2-6(10-5)9-4-3-8/h1-2H,3-4,8H2. The van der Waals surface area contributed by atoms with Gasteiger partial charge in [0.1, 0.15) is 6.61 Å². The van der Waals surface area contributed by atoms with Crippen LogP contribution in [0, 0.1) is 0 Å². The molecule has 0 spiro atoms. The van der Waals surface area contributed by atoms with E-state index >= 15 is 0 Å². The lowest BCUT2D eigenvalue weighted by molar-refractivity contribution is 0.251. The van der Waals surface area contributed by atoms with E-state index in [2.05, 4.69) is 0 Å². The molecule has 0 amide bonds. The van der Waals surface area contributed by atoms with Crippen molar-refractivity contribution in [2.45, 2.75) is 0 Å². The van der Waals surface area contributed by atoms with Crippen molar-refractivity contribution in [1.29, 1.82) is 0 Å². The molecule has 4 heteroatoms. The average Bonchev–Trinajstić information content (AvgIpc) is 2.31. The molecule has 0 fully saturated rings. The van der Waals surface area contributed by atoms with Gasteiger partial charge >= 0.3 is 0 Å². The molecule has 0 saturated heterocycles. The fraction of sp³-hybridized carbons (Fsp3) is 0.333. The van der Waals surface area contributed by atoms with Gasteiger partial charge in [0.25, 0.3) is 5.95 Å². The van der Waals surface area contributed by atoms with E-state index in [0.717, 1.165) is 0 Å². The molecule has 56 valence electrons. The smallest absolute Gasteiger partial charge is 0.285 e. The first-order chi connectivity index (χ1) is 4.83. The number of nitrogens with two attached hydrogens (primary N) is 1. The van der Waals surface area contributed by atoms with Crippen LogP contribution >= 0.6 is 11.6 Å². The molecule has 1 aromatic heterocycles. The zero-order valence-electron chi connectivity index (χ0n) is 5.34. The predicted octanol–water partition coefficient (Wildman–Crippen LogP) is 1.27. The van der Waals surface area contributed by atoms with Gasteiger partial charge in [0.2, 0.25) is 0 Å². The van der Waals surface area contributed by atoms with Gasteiger partial charge in [0, 0.05) is 18.7 Å². The number of rotatable bonds is 3. The second-order valence-corrected chi connectivity index (χ2v) is 2.07. The summed E-state index contributed by atoms with van der Waals surface area (Å²) in [6.07, 6.45) is 0. The maximum absolute atomic E-state index is 5.46. The Balaban J connectivity index is 2.42. The van der Waals surface area contributed by atoms with Crippen molar-refractivity contribution in [3.8, 4) is 5.95 Å². The Labute approximate surface area is 63.7 Å². The molecule has 0 radical (unpaired) electrons. The molecule has 0 atom stereocenters. The molecule has 0 saturated carbocycles. The van der Waals surface area contributed by atoms with E-state index in [1.807, 2.05) is 0 Å². The van der Waals surface area contributed by atoms with Crippen LogP contribution in [0.1, 0.15) is 0 Å². The van der Waals surface area contributed by atoms with E-state index in [-0.39, 0.29) is 0 Å². The summed E-state index contributed by atoms with van der Waals surface area (Å²) in [6, 6.07) is 3.27. The maximum Gasteiger partial charge on any atom is 0.285 e. The topological polar surface area (TPSA) is 48.4 Å². The Hall–Kier alpha value is -0.670. The number of hydrogen-bond acceptors (Lipinski definition) is 3. The van der Waals surface area contributed by atoms with Gasteiger partial charge in [-0.15, -0.1) is 0 Å². The molecule has 10 heavy (non-hydrogen) atoms. The summed E-state index contributed by atoms with van der Waals surface area (Å²) in [6.45, 7) is 0.919. The molecule has 0 bridgehead atoms. The van der Waals surface area contributed by atoms with E-state index in [4.69, 9.17) is 26.5 Å². The molecular weight excluding hydrogens is 154 g/mol. The zero-order valence-corrected chi connectivity index (χ0v) is 6.10. The summed E-state index contributed by atoms with van der Waals surface area (Å²) in [7, 11) is 0. The SMILES string of the molecule is NCCOc1ccc(Cl)o1. The normalized spacial score (nSPS) is 9.80. The molecule has 0 aliphatic rings. The number of ether oxygens (including phenoxy) is 1. The van der Waals surface area contributed by atoms with Crippen LogP contribution < -0.4 is 10.5 Å². The first-order valence-corrected chi connectivity index (χ1v) is 3.29. The molecule has 0 aliphatic heterocycles. The van der Waals surface area contributed by atoms with E-state index in [9.17, 15) is 0 Å². The van der Waals surface area contributed by atoms with Crippen molar-refractivity contribution in [2.75, 3.05) is 13.2 Å². The molecule has 2 N–H and O–H groups in total. The van der Waals surface area contributed by atoms with Crippen molar-refractivity contribution >= 4 is 11.6 Å². The highest BCUT2D eigenvalue weighted by atomic mass is 35.5. The van der Waals surface area contributed by atoms with Crippen LogP contribution in [0.15, 0.2) is 16.5 Å². The summed E-state index contributed by atoms with van der Waals surface area (Å²) >= 11 is 5.46. The second-order valence-electron chi connectivity index (χ2n) is 1.70. The first-order valence-electron chi connectivity index (χ1n) is 2.91. The Kier molecular flexibility index (Phi) is 2.59.